The van der Waals surface area contributed by atoms with Crippen LogP contribution in [-0.4, -0.2) is 41.7 Å². The second-order valence-corrected chi connectivity index (χ2v) is 5.38. The Balaban J connectivity index is 1.77. The molecule has 0 heterocycles. The van der Waals surface area contributed by atoms with Crippen LogP contribution in [0.3, 0.4) is 0 Å². The van der Waals surface area contributed by atoms with Crippen LogP contribution in [0.25, 0.3) is 0 Å². The van der Waals surface area contributed by atoms with Crippen molar-refractivity contribution in [2.45, 2.75) is 38.8 Å². The highest BCUT2D eigenvalue weighted by atomic mass is 16.4. The Kier molecular flexibility index (Phi) is 5.56. The minimum Gasteiger partial charge on any atom is -0.481 e. The van der Waals surface area contributed by atoms with E-state index < -0.39 is 5.97 Å². The van der Waals surface area contributed by atoms with E-state index in [1.807, 2.05) is 24.3 Å². The first-order valence-corrected chi connectivity index (χ1v) is 7.44. The van der Waals surface area contributed by atoms with Crippen LogP contribution in [-0.2, 0) is 17.8 Å². The molecule has 0 saturated heterocycles. The SMILES string of the molecule is CCN(CCNCc1ccccc1CC(=O)O)C1CC1. The zero-order valence-corrected chi connectivity index (χ0v) is 12.1. The summed E-state index contributed by atoms with van der Waals surface area (Å²) in [5.41, 5.74) is 1.99. The summed E-state index contributed by atoms with van der Waals surface area (Å²) in [5.74, 6) is -0.775. The quantitative estimate of drug-likeness (QED) is 0.676. The first-order valence-electron chi connectivity index (χ1n) is 7.44. The van der Waals surface area contributed by atoms with Crippen LogP contribution in [0.4, 0.5) is 0 Å². The third-order valence-corrected chi connectivity index (χ3v) is 3.82. The van der Waals surface area contributed by atoms with Crippen molar-refractivity contribution >= 4 is 5.97 Å². The van der Waals surface area contributed by atoms with E-state index in [-0.39, 0.29) is 6.42 Å². The second kappa shape index (κ2) is 7.41. The summed E-state index contributed by atoms with van der Waals surface area (Å²) in [6, 6.07) is 8.57. The highest BCUT2D eigenvalue weighted by molar-refractivity contribution is 5.70. The molecule has 1 aromatic rings. The molecule has 1 saturated carbocycles. The molecule has 1 aliphatic carbocycles. The smallest absolute Gasteiger partial charge is 0.307 e. The van der Waals surface area contributed by atoms with Gasteiger partial charge < -0.3 is 10.4 Å². The van der Waals surface area contributed by atoms with Crippen LogP contribution in [0.2, 0.25) is 0 Å². The average Bonchev–Trinajstić information content (AvgIpc) is 3.24. The molecule has 1 aliphatic rings. The van der Waals surface area contributed by atoms with Gasteiger partial charge in [0.1, 0.15) is 0 Å². The molecule has 0 spiro atoms. The number of rotatable bonds is 9. The van der Waals surface area contributed by atoms with Gasteiger partial charge in [-0.25, -0.2) is 0 Å². The monoisotopic (exact) mass is 276 g/mol. The van der Waals surface area contributed by atoms with Crippen molar-refractivity contribution in [1.82, 2.24) is 10.2 Å². The van der Waals surface area contributed by atoms with Crippen molar-refractivity contribution in [3.8, 4) is 0 Å². The summed E-state index contributed by atoms with van der Waals surface area (Å²) < 4.78 is 0. The van der Waals surface area contributed by atoms with Gasteiger partial charge in [-0.3, -0.25) is 9.69 Å². The van der Waals surface area contributed by atoms with Crippen molar-refractivity contribution in [1.29, 1.82) is 0 Å². The number of hydrogen-bond acceptors (Lipinski definition) is 3. The van der Waals surface area contributed by atoms with E-state index in [2.05, 4.69) is 17.1 Å². The molecule has 110 valence electrons. The minimum atomic E-state index is -0.775. The topological polar surface area (TPSA) is 52.6 Å². The fourth-order valence-corrected chi connectivity index (χ4v) is 2.55. The average molecular weight is 276 g/mol. The number of carboxylic acid groups (broad SMARTS) is 1. The molecule has 0 radical (unpaired) electrons. The predicted octanol–water partition coefficient (Wildman–Crippen LogP) is 1.89. The van der Waals surface area contributed by atoms with Gasteiger partial charge in [-0.2, -0.15) is 0 Å². The first-order chi connectivity index (χ1) is 9.70. The largest absolute Gasteiger partial charge is 0.481 e. The Bertz CT molecular complexity index is 444. The van der Waals surface area contributed by atoms with Gasteiger partial charge in [0.25, 0.3) is 0 Å². The van der Waals surface area contributed by atoms with Crippen molar-refractivity contribution in [2.75, 3.05) is 19.6 Å². The molecular formula is C16H24N2O2. The van der Waals surface area contributed by atoms with Gasteiger partial charge >= 0.3 is 5.97 Å². The summed E-state index contributed by atoms with van der Waals surface area (Å²) in [7, 11) is 0. The molecule has 1 aromatic carbocycles. The van der Waals surface area contributed by atoms with Gasteiger partial charge in [0.05, 0.1) is 6.42 Å². The van der Waals surface area contributed by atoms with Crippen LogP contribution >= 0.6 is 0 Å². The molecule has 4 nitrogen and oxygen atoms in total. The van der Waals surface area contributed by atoms with E-state index in [1.54, 1.807) is 0 Å². The summed E-state index contributed by atoms with van der Waals surface area (Å²) in [5, 5.41) is 12.3. The number of aliphatic carboxylic acids is 1. The van der Waals surface area contributed by atoms with Crippen LogP contribution in [0, 0.1) is 0 Å². The summed E-state index contributed by atoms with van der Waals surface area (Å²) in [6.07, 6.45) is 2.78. The highest BCUT2D eigenvalue weighted by Crippen LogP contribution is 2.25. The Morgan fingerprint density at radius 3 is 2.65 bits per heavy atom. The molecule has 0 unspecified atom stereocenters. The van der Waals surface area contributed by atoms with Crippen LogP contribution in [0.15, 0.2) is 24.3 Å². The van der Waals surface area contributed by atoms with Crippen molar-refractivity contribution in [3.05, 3.63) is 35.4 Å². The molecule has 1 fully saturated rings. The van der Waals surface area contributed by atoms with Crippen molar-refractivity contribution in [2.24, 2.45) is 0 Å². The van der Waals surface area contributed by atoms with Gasteiger partial charge in [0, 0.05) is 25.7 Å². The summed E-state index contributed by atoms with van der Waals surface area (Å²) in [6.45, 7) is 6.09. The zero-order chi connectivity index (χ0) is 14.4. The third kappa shape index (κ3) is 4.62. The number of likely N-dealkylation sites (N-methyl/N-ethyl adjacent to an activating group) is 1. The predicted molar refractivity (Wildman–Crippen MR) is 79.8 cm³/mol. The zero-order valence-electron chi connectivity index (χ0n) is 12.1. The van der Waals surface area contributed by atoms with E-state index in [4.69, 9.17) is 5.11 Å². The lowest BCUT2D eigenvalue weighted by Crippen LogP contribution is -2.33. The highest BCUT2D eigenvalue weighted by Gasteiger charge is 2.26. The fourth-order valence-electron chi connectivity index (χ4n) is 2.55. The number of carbonyl (C=O) groups is 1. The molecule has 4 heteroatoms. The van der Waals surface area contributed by atoms with E-state index >= 15 is 0 Å². The third-order valence-electron chi connectivity index (χ3n) is 3.82. The van der Waals surface area contributed by atoms with Crippen molar-refractivity contribution < 1.29 is 9.90 Å². The number of benzene rings is 1. The lowest BCUT2D eigenvalue weighted by Gasteiger charge is -2.20. The van der Waals surface area contributed by atoms with E-state index in [0.29, 0.717) is 0 Å². The summed E-state index contributed by atoms with van der Waals surface area (Å²) in [4.78, 5) is 13.3. The number of carboxylic acids is 1. The lowest BCUT2D eigenvalue weighted by molar-refractivity contribution is -0.136. The van der Waals surface area contributed by atoms with Gasteiger partial charge in [-0.1, -0.05) is 31.2 Å². The van der Waals surface area contributed by atoms with Gasteiger partial charge in [0.2, 0.25) is 0 Å². The molecule has 2 N–H and O–H groups in total. The first kappa shape index (κ1) is 15.0. The minimum absolute atomic E-state index is 0.0982. The Labute approximate surface area is 120 Å². The second-order valence-electron chi connectivity index (χ2n) is 5.38. The lowest BCUT2D eigenvalue weighted by atomic mass is 10.0. The molecule has 0 aromatic heterocycles. The molecule has 20 heavy (non-hydrogen) atoms. The molecule has 0 atom stereocenters. The van der Waals surface area contributed by atoms with Gasteiger partial charge in [0.15, 0.2) is 0 Å². The van der Waals surface area contributed by atoms with Crippen LogP contribution < -0.4 is 5.32 Å². The molecule has 0 amide bonds. The number of hydrogen-bond donors (Lipinski definition) is 2. The molecule has 2 rings (SSSR count). The Hall–Kier alpha value is -1.39. The maximum atomic E-state index is 10.8. The fraction of sp³-hybridized carbons (Fsp3) is 0.562. The standard InChI is InChI=1S/C16H24N2O2/c1-2-18(15-7-8-15)10-9-17-12-14-6-4-3-5-13(14)11-16(19)20/h3-6,15,17H,2,7-12H2,1H3,(H,19,20). The Morgan fingerprint density at radius 2 is 2.05 bits per heavy atom. The van der Waals surface area contributed by atoms with Gasteiger partial charge in [-0.15, -0.1) is 0 Å². The van der Waals surface area contributed by atoms with E-state index in [1.165, 1.54) is 12.8 Å². The molecule has 0 bridgehead atoms. The maximum Gasteiger partial charge on any atom is 0.307 e. The van der Waals surface area contributed by atoms with Crippen molar-refractivity contribution in [3.63, 3.8) is 0 Å². The normalized spacial score (nSPS) is 14.7. The van der Waals surface area contributed by atoms with E-state index in [9.17, 15) is 4.79 Å². The Morgan fingerprint density at radius 1 is 1.35 bits per heavy atom. The number of nitrogens with one attached hydrogen (secondary N) is 1. The van der Waals surface area contributed by atoms with Gasteiger partial charge in [-0.05, 0) is 30.5 Å². The summed E-state index contributed by atoms with van der Waals surface area (Å²) >= 11 is 0. The van der Waals surface area contributed by atoms with Crippen LogP contribution in [0.1, 0.15) is 30.9 Å². The number of nitrogens with zero attached hydrogens (tertiary/aromatic N) is 1. The molecule has 0 aliphatic heterocycles. The van der Waals surface area contributed by atoms with E-state index in [0.717, 1.165) is 43.3 Å². The van der Waals surface area contributed by atoms with Crippen LogP contribution in [0.5, 0.6) is 0 Å². The maximum absolute atomic E-state index is 10.8. The molecular weight excluding hydrogens is 252 g/mol.